The van der Waals surface area contributed by atoms with Crippen molar-refractivity contribution in [3.63, 3.8) is 0 Å². The summed E-state index contributed by atoms with van der Waals surface area (Å²) in [5, 5.41) is 9.31. The van der Waals surface area contributed by atoms with Crippen molar-refractivity contribution in [1.82, 2.24) is 0 Å². The predicted octanol–water partition coefficient (Wildman–Crippen LogP) is 1.45. The highest BCUT2D eigenvalue weighted by Gasteiger charge is 2.12. The summed E-state index contributed by atoms with van der Waals surface area (Å²) in [5.41, 5.74) is 0. The van der Waals surface area contributed by atoms with Gasteiger partial charge in [0.05, 0.1) is 0 Å². The van der Waals surface area contributed by atoms with Gasteiger partial charge >= 0.3 is 0 Å². The van der Waals surface area contributed by atoms with Crippen LogP contribution in [0.25, 0.3) is 0 Å². The first-order valence-corrected chi connectivity index (χ1v) is 6.18. The van der Waals surface area contributed by atoms with Crippen LogP contribution in [0.4, 0.5) is 0 Å². The fourth-order valence-electron chi connectivity index (χ4n) is 0.535. The molecule has 0 bridgehead atoms. The Balaban J connectivity index is 3.59. The van der Waals surface area contributed by atoms with E-state index in [0.29, 0.717) is 11.9 Å². The summed E-state index contributed by atoms with van der Waals surface area (Å²) in [6, 6.07) is 0. The molecule has 0 saturated heterocycles. The fraction of sp³-hybridized carbons (Fsp3) is 1.00. The van der Waals surface area contributed by atoms with Crippen molar-refractivity contribution < 1.29 is 5.11 Å². The van der Waals surface area contributed by atoms with Gasteiger partial charge in [0.25, 0.3) is 0 Å². The Kier molecular flexibility index (Phi) is 3.59. The number of hydrogen-bond donors (Lipinski definition) is 1. The smallest absolute Gasteiger partial charge is 0.0440 e. The lowest BCUT2D eigenvalue weighted by Crippen LogP contribution is -2.12. The summed E-state index contributed by atoms with van der Waals surface area (Å²) in [7, 11) is -0.425. The molecule has 0 aliphatic rings. The van der Waals surface area contributed by atoms with E-state index in [-0.39, 0.29) is 0 Å². The van der Waals surface area contributed by atoms with E-state index < -0.39 is 10.0 Å². The minimum absolute atomic E-state index is 0.339. The average molecular weight is 150 g/mol. The van der Waals surface area contributed by atoms with Crippen molar-refractivity contribution in [2.75, 3.05) is 25.4 Å². The maximum atomic E-state index is 8.61. The largest absolute Gasteiger partial charge is 0.396 e. The Morgan fingerprint density at radius 2 is 1.78 bits per heavy atom. The molecule has 1 atom stereocenters. The molecule has 0 radical (unpaired) electrons. The van der Waals surface area contributed by atoms with Gasteiger partial charge in [0.1, 0.15) is 0 Å². The van der Waals surface area contributed by atoms with Gasteiger partial charge in [-0.3, -0.25) is 0 Å². The van der Waals surface area contributed by atoms with Crippen molar-refractivity contribution in [2.45, 2.75) is 18.6 Å². The predicted molar refractivity (Wildman–Crippen MR) is 46.5 cm³/mol. The van der Waals surface area contributed by atoms with Gasteiger partial charge in [-0.1, -0.05) is 6.92 Å². The van der Waals surface area contributed by atoms with E-state index in [1.807, 2.05) is 0 Å². The van der Waals surface area contributed by atoms with Crippen LogP contribution in [0, 0.1) is 0 Å². The van der Waals surface area contributed by atoms with Crippen molar-refractivity contribution in [1.29, 1.82) is 0 Å². The highest BCUT2D eigenvalue weighted by atomic mass is 32.3. The molecule has 1 nitrogen and oxygen atoms in total. The quantitative estimate of drug-likeness (QED) is 0.645. The van der Waals surface area contributed by atoms with E-state index in [1.54, 1.807) is 0 Å². The number of aliphatic hydroxyl groups excluding tert-OH is 1. The molecule has 0 aliphatic heterocycles. The van der Waals surface area contributed by atoms with Gasteiger partial charge in [0.15, 0.2) is 0 Å². The molecule has 9 heavy (non-hydrogen) atoms. The lowest BCUT2D eigenvalue weighted by Gasteiger charge is -2.32. The molecule has 0 aromatic rings. The summed E-state index contributed by atoms with van der Waals surface area (Å²) >= 11 is 0. The zero-order valence-corrected chi connectivity index (χ0v) is 7.66. The van der Waals surface area contributed by atoms with Gasteiger partial charge in [-0.05, 0) is 30.4 Å². The topological polar surface area (TPSA) is 20.2 Å². The summed E-state index contributed by atoms with van der Waals surface area (Å²) in [6.45, 7) is 2.55. The number of rotatable bonds is 3. The third-order valence-corrected chi connectivity index (χ3v) is 4.39. The fourth-order valence-corrected chi connectivity index (χ4v) is 1.35. The zero-order valence-electron chi connectivity index (χ0n) is 6.85. The molecular formula is C7H18OS. The Hall–Kier alpha value is 0.310. The van der Waals surface area contributed by atoms with Gasteiger partial charge in [0, 0.05) is 6.61 Å². The Bertz CT molecular complexity index is 75.5. The summed E-state index contributed by atoms with van der Waals surface area (Å²) in [6.07, 6.45) is 7.81. The molecule has 0 rings (SSSR count). The third kappa shape index (κ3) is 3.82. The minimum atomic E-state index is -0.425. The maximum Gasteiger partial charge on any atom is 0.0440 e. The highest BCUT2D eigenvalue weighted by molar-refractivity contribution is 8.32. The second kappa shape index (κ2) is 3.47. The van der Waals surface area contributed by atoms with Crippen molar-refractivity contribution in [2.24, 2.45) is 0 Å². The van der Waals surface area contributed by atoms with Crippen LogP contribution in [0.1, 0.15) is 13.3 Å². The molecule has 0 fully saturated rings. The lowest BCUT2D eigenvalue weighted by molar-refractivity contribution is 0.288. The molecule has 0 amide bonds. The van der Waals surface area contributed by atoms with Gasteiger partial charge in [-0.2, -0.15) is 0 Å². The Labute approximate surface area is 59.8 Å². The first-order chi connectivity index (χ1) is 3.98. The highest BCUT2D eigenvalue weighted by Crippen LogP contribution is 2.41. The second-order valence-corrected chi connectivity index (χ2v) is 7.92. The van der Waals surface area contributed by atoms with Crippen LogP contribution in [0.3, 0.4) is 0 Å². The first kappa shape index (κ1) is 9.31. The van der Waals surface area contributed by atoms with Gasteiger partial charge in [-0.25, -0.2) is 10.0 Å². The average Bonchev–Trinajstić information content (AvgIpc) is 1.64. The van der Waals surface area contributed by atoms with Crippen LogP contribution in [0.2, 0.25) is 0 Å². The van der Waals surface area contributed by atoms with Crippen molar-refractivity contribution in [3.05, 3.63) is 0 Å². The molecule has 0 aliphatic carbocycles. The number of aliphatic hydroxyl groups is 1. The van der Waals surface area contributed by atoms with Gasteiger partial charge in [-0.15, -0.1) is 0 Å². The zero-order chi connectivity index (χ0) is 7.49. The second-order valence-electron chi connectivity index (χ2n) is 3.25. The SMILES string of the molecule is CC(CCO)S(C)(C)C. The molecular weight excluding hydrogens is 132 g/mol. The standard InChI is InChI=1S/C7H18OS/c1-7(5-6-8)9(2,3)4/h7-8H,5-6H2,1-4H3. The molecule has 0 aromatic heterocycles. The van der Waals surface area contributed by atoms with Crippen LogP contribution in [0.15, 0.2) is 0 Å². The summed E-state index contributed by atoms with van der Waals surface area (Å²) < 4.78 is 0. The van der Waals surface area contributed by atoms with Crippen molar-refractivity contribution >= 4 is 10.0 Å². The summed E-state index contributed by atoms with van der Waals surface area (Å²) in [5.74, 6) is 0. The Morgan fingerprint density at radius 1 is 1.33 bits per heavy atom. The normalized spacial score (nSPS) is 17.4. The van der Waals surface area contributed by atoms with Crippen LogP contribution in [0.5, 0.6) is 0 Å². The molecule has 2 heteroatoms. The monoisotopic (exact) mass is 150 g/mol. The van der Waals surface area contributed by atoms with E-state index in [4.69, 9.17) is 5.11 Å². The number of hydrogen-bond acceptors (Lipinski definition) is 1. The van der Waals surface area contributed by atoms with Crippen LogP contribution in [-0.2, 0) is 0 Å². The maximum absolute atomic E-state index is 8.61. The summed E-state index contributed by atoms with van der Waals surface area (Å²) in [4.78, 5) is 0. The molecule has 1 unspecified atom stereocenters. The van der Waals surface area contributed by atoms with Crippen molar-refractivity contribution in [3.8, 4) is 0 Å². The minimum Gasteiger partial charge on any atom is -0.396 e. The van der Waals surface area contributed by atoms with E-state index in [9.17, 15) is 0 Å². The molecule has 0 heterocycles. The molecule has 0 aromatic carbocycles. The Morgan fingerprint density at radius 3 is 1.89 bits per heavy atom. The third-order valence-electron chi connectivity index (χ3n) is 1.74. The van der Waals surface area contributed by atoms with Crippen LogP contribution < -0.4 is 0 Å². The van der Waals surface area contributed by atoms with E-state index >= 15 is 0 Å². The van der Waals surface area contributed by atoms with E-state index in [2.05, 4.69) is 25.7 Å². The van der Waals surface area contributed by atoms with E-state index in [1.165, 1.54) is 0 Å². The first-order valence-electron chi connectivity index (χ1n) is 3.26. The van der Waals surface area contributed by atoms with Crippen LogP contribution in [-0.4, -0.2) is 35.7 Å². The van der Waals surface area contributed by atoms with Crippen LogP contribution >= 0.6 is 10.0 Å². The lowest BCUT2D eigenvalue weighted by atomic mass is 10.3. The molecule has 0 saturated carbocycles. The molecule has 58 valence electrons. The van der Waals surface area contributed by atoms with Gasteiger partial charge in [0.2, 0.25) is 0 Å². The van der Waals surface area contributed by atoms with E-state index in [0.717, 1.165) is 6.42 Å². The van der Waals surface area contributed by atoms with Gasteiger partial charge < -0.3 is 5.11 Å². The molecule has 1 N–H and O–H groups in total. The molecule has 0 spiro atoms.